The predicted octanol–water partition coefficient (Wildman–Crippen LogP) is 1.33. The minimum absolute atomic E-state index is 0.0792. The molecule has 0 aliphatic carbocycles. The Labute approximate surface area is 66.4 Å². The van der Waals surface area contributed by atoms with Gasteiger partial charge >= 0.3 is 0 Å². The van der Waals surface area contributed by atoms with Crippen LogP contribution in [0.1, 0.15) is 36.7 Å². The van der Waals surface area contributed by atoms with Gasteiger partial charge in [0.05, 0.1) is 12.3 Å². The Morgan fingerprint density at radius 1 is 1.55 bits per heavy atom. The van der Waals surface area contributed by atoms with Crippen LogP contribution < -0.4 is 0 Å². The lowest BCUT2D eigenvalue weighted by Gasteiger charge is -2.02. The minimum atomic E-state index is 0.0792. The molecule has 0 saturated carbocycles. The summed E-state index contributed by atoms with van der Waals surface area (Å²) in [7, 11) is 0. The van der Waals surface area contributed by atoms with Crippen LogP contribution in [0.15, 0.2) is 0 Å². The molecule has 0 aromatic carbocycles. The summed E-state index contributed by atoms with van der Waals surface area (Å²) in [5, 5.41) is 15.9. The Morgan fingerprint density at radius 2 is 2.18 bits per heavy atom. The number of nitrogens with one attached hydrogen (secondary N) is 1. The van der Waals surface area contributed by atoms with Gasteiger partial charge in [0, 0.05) is 11.3 Å². The van der Waals surface area contributed by atoms with Gasteiger partial charge in [0.1, 0.15) is 0 Å². The van der Waals surface area contributed by atoms with Crippen molar-refractivity contribution in [2.24, 2.45) is 0 Å². The first-order chi connectivity index (χ1) is 5.16. The Hall–Kier alpha value is -0.830. The summed E-state index contributed by atoms with van der Waals surface area (Å²) < 4.78 is 0. The molecule has 1 heterocycles. The number of H-pyrrole nitrogens is 1. The molecular formula is C8H14N2O. The van der Waals surface area contributed by atoms with Crippen LogP contribution in [0, 0.1) is 6.92 Å². The van der Waals surface area contributed by atoms with Crippen LogP contribution in [0.2, 0.25) is 0 Å². The number of hydrogen-bond acceptors (Lipinski definition) is 2. The molecule has 3 nitrogen and oxygen atoms in total. The summed E-state index contributed by atoms with van der Waals surface area (Å²) in [5.41, 5.74) is 2.89. The molecule has 0 radical (unpaired) electrons. The molecule has 11 heavy (non-hydrogen) atoms. The lowest BCUT2D eigenvalue weighted by Crippen LogP contribution is -1.94. The normalized spacial score (nSPS) is 11.0. The quantitative estimate of drug-likeness (QED) is 0.675. The fourth-order valence-electron chi connectivity index (χ4n) is 1.15. The highest BCUT2D eigenvalue weighted by Gasteiger charge is 2.11. The molecule has 1 rings (SSSR count). The first-order valence-electron chi connectivity index (χ1n) is 3.81. The van der Waals surface area contributed by atoms with Crippen LogP contribution in [0.25, 0.3) is 0 Å². The van der Waals surface area contributed by atoms with Gasteiger partial charge in [-0.2, -0.15) is 5.10 Å². The molecular weight excluding hydrogens is 140 g/mol. The Bertz CT molecular complexity index is 240. The highest BCUT2D eigenvalue weighted by Crippen LogP contribution is 2.18. The molecule has 1 aromatic rings. The van der Waals surface area contributed by atoms with Crippen LogP contribution in [0.3, 0.4) is 0 Å². The van der Waals surface area contributed by atoms with Crippen molar-refractivity contribution in [1.29, 1.82) is 0 Å². The lowest BCUT2D eigenvalue weighted by molar-refractivity contribution is 0.279. The fraction of sp³-hybridized carbons (Fsp3) is 0.625. The topological polar surface area (TPSA) is 48.9 Å². The third kappa shape index (κ3) is 1.43. The maximum absolute atomic E-state index is 8.98. The summed E-state index contributed by atoms with van der Waals surface area (Å²) in [6, 6.07) is 0. The van der Waals surface area contributed by atoms with E-state index in [1.165, 1.54) is 0 Å². The lowest BCUT2D eigenvalue weighted by atomic mass is 10.1. The number of aromatic amines is 1. The summed E-state index contributed by atoms with van der Waals surface area (Å²) in [5.74, 6) is 0.377. The Balaban J connectivity index is 3.05. The zero-order valence-electron chi connectivity index (χ0n) is 7.18. The van der Waals surface area contributed by atoms with E-state index in [2.05, 4.69) is 24.0 Å². The number of nitrogens with zero attached hydrogens (tertiary/aromatic N) is 1. The van der Waals surface area contributed by atoms with Gasteiger partial charge in [-0.15, -0.1) is 0 Å². The summed E-state index contributed by atoms with van der Waals surface area (Å²) >= 11 is 0. The summed E-state index contributed by atoms with van der Waals surface area (Å²) in [4.78, 5) is 0. The number of aliphatic hydroxyl groups excluding tert-OH is 1. The van der Waals surface area contributed by atoms with E-state index in [-0.39, 0.29) is 6.61 Å². The third-order valence-corrected chi connectivity index (χ3v) is 1.81. The van der Waals surface area contributed by atoms with Crippen molar-refractivity contribution in [3.8, 4) is 0 Å². The fourth-order valence-corrected chi connectivity index (χ4v) is 1.15. The van der Waals surface area contributed by atoms with Crippen molar-refractivity contribution in [2.75, 3.05) is 0 Å². The molecule has 0 aliphatic rings. The molecule has 2 N–H and O–H groups in total. The molecule has 62 valence electrons. The molecule has 0 saturated heterocycles. The van der Waals surface area contributed by atoms with Crippen molar-refractivity contribution < 1.29 is 5.11 Å². The molecule has 0 aliphatic heterocycles. The van der Waals surface area contributed by atoms with E-state index in [9.17, 15) is 0 Å². The van der Waals surface area contributed by atoms with E-state index in [0.29, 0.717) is 5.92 Å². The summed E-state index contributed by atoms with van der Waals surface area (Å²) in [6.07, 6.45) is 0. The first kappa shape index (κ1) is 8.27. The van der Waals surface area contributed by atoms with Crippen molar-refractivity contribution >= 4 is 0 Å². The van der Waals surface area contributed by atoms with Crippen molar-refractivity contribution in [3.05, 3.63) is 17.0 Å². The molecule has 0 fully saturated rings. The maximum atomic E-state index is 8.98. The average Bonchev–Trinajstić information content (AvgIpc) is 2.30. The standard InChI is InChI=1S/C8H14N2O/c1-5(2)8-7(4-11)6(3)9-10-8/h5,11H,4H2,1-3H3,(H,9,10). The van der Waals surface area contributed by atoms with E-state index in [4.69, 9.17) is 5.11 Å². The van der Waals surface area contributed by atoms with E-state index in [1.807, 2.05) is 6.92 Å². The van der Waals surface area contributed by atoms with Crippen molar-refractivity contribution in [3.63, 3.8) is 0 Å². The van der Waals surface area contributed by atoms with Gasteiger partial charge in [-0.1, -0.05) is 13.8 Å². The van der Waals surface area contributed by atoms with Crippen LogP contribution in [0.4, 0.5) is 0 Å². The zero-order chi connectivity index (χ0) is 8.43. The second kappa shape index (κ2) is 3.05. The molecule has 0 spiro atoms. The van der Waals surface area contributed by atoms with E-state index in [1.54, 1.807) is 0 Å². The minimum Gasteiger partial charge on any atom is -0.392 e. The predicted molar refractivity (Wildman–Crippen MR) is 43.3 cm³/mol. The van der Waals surface area contributed by atoms with Gasteiger partial charge in [-0.05, 0) is 12.8 Å². The molecule has 0 atom stereocenters. The second-order valence-electron chi connectivity index (χ2n) is 3.03. The molecule has 0 unspecified atom stereocenters. The highest BCUT2D eigenvalue weighted by atomic mass is 16.3. The summed E-state index contributed by atoms with van der Waals surface area (Å²) in [6.45, 7) is 6.13. The number of aromatic nitrogens is 2. The molecule has 0 amide bonds. The van der Waals surface area contributed by atoms with E-state index < -0.39 is 0 Å². The van der Waals surface area contributed by atoms with Gasteiger partial charge in [0.2, 0.25) is 0 Å². The average molecular weight is 154 g/mol. The van der Waals surface area contributed by atoms with E-state index in [0.717, 1.165) is 17.0 Å². The Morgan fingerprint density at radius 3 is 2.55 bits per heavy atom. The number of aliphatic hydroxyl groups is 1. The maximum Gasteiger partial charge on any atom is 0.0718 e. The molecule has 1 aromatic heterocycles. The van der Waals surface area contributed by atoms with Crippen molar-refractivity contribution in [1.82, 2.24) is 10.2 Å². The first-order valence-corrected chi connectivity index (χ1v) is 3.81. The number of aryl methyl sites for hydroxylation is 1. The van der Waals surface area contributed by atoms with Crippen LogP contribution in [-0.4, -0.2) is 15.3 Å². The van der Waals surface area contributed by atoms with Gasteiger partial charge in [0.25, 0.3) is 0 Å². The highest BCUT2D eigenvalue weighted by molar-refractivity contribution is 5.25. The second-order valence-corrected chi connectivity index (χ2v) is 3.03. The van der Waals surface area contributed by atoms with E-state index >= 15 is 0 Å². The zero-order valence-corrected chi connectivity index (χ0v) is 7.18. The molecule has 0 bridgehead atoms. The van der Waals surface area contributed by atoms with Crippen molar-refractivity contribution in [2.45, 2.75) is 33.3 Å². The Kier molecular flexibility index (Phi) is 2.29. The third-order valence-electron chi connectivity index (χ3n) is 1.81. The van der Waals surface area contributed by atoms with Gasteiger partial charge < -0.3 is 5.11 Å². The van der Waals surface area contributed by atoms with Gasteiger partial charge in [-0.25, -0.2) is 0 Å². The SMILES string of the molecule is Cc1[nH]nc(C(C)C)c1CO. The van der Waals surface area contributed by atoms with Gasteiger partial charge in [-0.3, -0.25) is 5.10 Å². The van der Waals surface area contributed by atoms with Crippen LogP contribution in [-0.2, 0) is 6.61 Å². The monoisotopic (exact) mass is 154 g/mol. The van der Waals surface area contributed by atoms with Crippen LogP contribution in [0.5, 0.6) is 0 Å². The smallest absolute Gasteiger partial charge is 0.0718 e. The number of rotatable bonds is 2. The molecule has 3 heteroatoms. The van der Waals surface area contributed by atoms with Gasteiger partial charge in [0.15, 0.2) is 0 Å². The largest absolute Gasteiger partial charge is 0.392 e. The van der Waals surface area contributed by atoms with Crippen LogP contribution >= 0.6 is 0 Å². The number of hydrogen-bond donors (Lipinski definition) is 2.